The van der Waals surface area contributed by atoms with Gasteiger partial charge < -0.3 is 5.32 Å². The number of hydrogen-bond donors (Lipinski definition) is 1. The van der Waals surface area contributed by atoms with Gasteiger partial charge in [-0.05, 0) is 51.4 Å². The molecule has 0 aromatic heterocycles. The molecule has 1 aliphatic heterocycles. The van der Waals surface area contributed by atoms with Gasteiger partial charge in [-0.1, -0.05) is 32.5 Å². The van der Waals surface area contributed by atoms with Crippen molar-refractivity contribution in [2.24, 2.45) is 10.9 Å². The third kappa shape index (κ3) is 3.04. The van der Waals surface area contributed by atoms with Gasteiger partial charge in [-0.15, -0.1) is 0 Å². The Morgan fingerprint density at radius 3 is 2.50 bits per heavy atom. The minimum Gasteiger partial charge on any atom is -0.360 e. The number of amidine groups is 1. The zero-order valence-electron chi connectivity index (χ0n) is 12.4. The van der Waals surface area contributed by atoms with Crippen LogP contribution in [0.1, 0.15) is 66.2 Å². The van der Waals surface area contributed by atoms with Crippen LogP contribution in [0.4, 0.5) is 0 Å². The van der Waals surface area contributed by atoms with Crippen LogP contribution in [0.25, 0.3) is 0 Å². The maximum Gasteiger partial charge on any atom is 0.157 e. The van der Waals surface area contributed by atoms with Crippen LogP contribution in [-0.2, 0) is 0 Å². The molecule has 1 aliphatic carbocycles. The van der Waals surface area contributed by atoms with Gasteiger partial charge in [0.1, 0.15) is 0 Å². The molecule has 0 radical (unpaired) electrons. The van der Waals surface area contributed by atoms with Crippen molar-refractivity contribution in [1.29, 1.82) is 0 Å². The van der Waals surface area contributed by atoms with E-state index in [1.165, 1.54) is 36.6 Å². The molecule has 2 aliphatic rings. The Bertz CT molecular complexity index is 312. The summed E-state index contributed by atoms with van der Waals surface area (Å²) in [5.41, 5.74) is 0.501. The average Bonchev–Trinajstić information content (AvgIpc) is 2.76. The van der Waals surface area contributed by atoms with E-state index in [2.05, 4.69) is 33.0 Å². The predicted molar refractivity (Wildman–Crippen MR) is 82.4 cm³/mol. The molecule has 2 rings (SSSR count). The van der Waals surface area contributed by atoms with Gasteiger partial charge in [0.15, 0.2) is 5.17 Å². The van der Waals surface area contributed by atoms with E-state index in [9.17, 15) is 0 Å². The monoisotopic (exact) mass is 268 g/mol. The summed E-state index contributed by atoms with van der Waals surface area (Å²) in [5, 5.41) is 4.89. The number of aliphatic imine (C=N–C) groups is 1. The van der Waals surface area contributed by atoms with E-state index < -0.39 is 0 Å². The minimum absolute atomic E-state index is 0.222. The molecule has 0 amide bonds. The fourth-order valence-corrected chi connectivity index (χ4v) is 4.12. The lowest BCUT2D eigenvalue weighted by molar-refractivity contribution is 0.272. The molecule has 1 fully saturated rings. The zero-order valence-corrected chi connectivity index (χ0v) is 13.2. The molecular weight excluding hydrogens is 240 g/mol. The van der Waals surface area contributed by atoms with Gasteiger partial charge >= 0.3 is 0 Å². The molecule has 1 heterocycles. The second kappa shape index (κ2) is 5.44. The SMILES string of the molecule is CCC(C)(CC)NC1=NC2(CCC(C)CC2)CS1. The molecular formula is C15H28N2S. The highest BCUT2D eigenvalue weighted by Gasteiger charge is 2.39. The first-order valence-electron chi connectivity index (χ1n) is 7.52. The molecule has 0 atom stereocenters. The largest absolute Gasteiger partial charge is 0.360 e. The van der Waals surface area contributed by atoms with Crippen LogP contribution in [0.5, 0.6) is 0 Å². The minimum atomic E-state index is 0.222. The fourth-order valence-electron chi connectivity index (χ4n) is 2.79. The lowest BCUT2D eigenvalue weighted by atomic mass is 9.79. The summed E-state index contributed by atoms with van der Waals surface area (Å²) in [7, 11) is 0. The van der Waals surface area contributed by atoms with Gasteiger partial charge in [0.2, 0.25) is 0 Å². The molecule has 0 aromatic carbocycles. The molecule has 1 N–H and O–H groups in total. The first kappa shape index (κ1) is 14.2. The maximum atomic E-state index is 5.06. The van der Waals surface area contributed by atoms with Gasteiger partial charge in [0.25, 0.3) is 0 Å². The Labute approximate surface area is 116 Å². The topological polar surface area (TPSA) is 24.4 Å². The smallest absolute Gasteiger partial charge is 0.157 e. The number of hydrogen-bond acceptors (Lipinski definition) is 3. The van der Waals surface area contributed by atoms with E-state index in [1.807, 2.05) is 11.8 Å². The van der Waals surface area contributed by atoms with Crippen LogP contribution in [0, 0.1) is 5.92 Å². The Kier molecular flexibility index (Phi) is 4.30. The van der Waals surface area contributed by atoms with Crippen molar-refractivity contribution in [3.63, 3.8) is 0 Å². The molecule has 18 heavy (non-hydrogen) atoms. The number of rotatable bonds is 3. The second-order valence-corrected chi connectivity index (χ2v) is 7.47. The van der Waals surface area contributed by atoms with E-state index in [1.54, 1.807) is 0 Å². The molecule has 0 bridgehead atoms. The molecule has 0 unspecified atom stereocenters. The van der Waals surface area contributed by atoms with Crippen LogP contribution < -0.4 is 5.32 Å². The van der Waals surface area contributed by atoms with E-state index >= 15 is 0 Å². The van der Waals surface area contributed by atoms with Crippen molar-refractivity contribution in [2.45, 2.75) is 77.3 Å². The van der Waals surface area contributed by atoms with Gasteiger partial charge in [0, 0.05) is 11.3 Å². The van der Waals surface area contributed by atoms with Crippen molar-refractivity contribution in [1.82, 2.24) is 5.32 Å². The highest BCUT2D eigenvalue weighted by Crippen LogP contribution is 2.41. The first-order chi connectivity index (χ1) is 8.51. The molecule has 1 spiro atoms. The standard InChI is InChI=1S/C15H28N2S/c1-5-14(4,6-2)16-13-17-15(11-18-13)9-7-12(3)8-10-15/h12H,5-11H2,1-4H3,(H,16,17). The molecule has 3 heteroatoms. The van der Waals surface area contributed by atoms with Crippen molar-refractivity contribution in [3.05, 3.63) is 0 Å². The molecule has 1 saturated carbocycles. The van der Waals surface area contributed by atoms with Crippen molar-refractivity contribution < 1.29 is 0 Å². The maximum absolute atomic E-state index is 5.06. The normalized spacial score (nSPS) is 32.7. The van der Waals surface area contributed by atoms with Crippen LogP contribution in [0.15, 0.2) is 4.99 Å². The van der Waals surface area contributed by atoms with E-state index in [0.29, 0.717) is 0 Å². The summed E-state index contributed by atoms with van der Waals surface area (Å²) in [6.07, 6.45) is 7.62. The summed E-state index contributed by atoms with van der Waals surface area (Å²) in [5.74, 6) is 2.11. The Morgan fingerprint density at radius 1 is 1.33 bits per heavy atom. The van der Waals surface area contributed by atoms with E-state index in [-0.39, 0.29) is 11.1 Å². The Balaban J connectivity index is 2.00. The van der Waals surface area contributed by atoms with E-state index in [4.69, 9.17) is 4.99 Å². The summed E-state index contributed by atoms with van der Waals surface area (Å²) in [4.78, 5) is 5.06. The van der Waals surface area contributed by atoms with Crippen molar-refractivity contribution in [3.8, 4) is 0 Å². The van der Waals surface area contributed by atoms with Crippen LogP contribution in [0.2, 0.25) is 0 Å². The Hall–Kier alpha value is -0.180. The summed E-state index contributed by atoms with van der Waals surface area (Å²) in [6, 6.07) is 0. The third-order valence-corrected chi connectivity index (χ3v) is 6.14. The molecule has 2 nitrogen and oxygen atoms in total. The van der Waals surface area contributed by atoms with Crippen LogP contribution in [0.3, 0.4) is 0 Å². The quantitative estimate of drug-likeness (QED) is 0.829. The molecule has 104 valence electrons. The summed E-state index contributed by atoms with van der Waals surface area (Å²) in [6.45, 7) is 9.20. The molecule has 0 aromatic rings. The van der Waals surface area contributed by atoms with E-state index in [0.717, 1.165) is 18.8 Å². The first-order valence-corrected chi connectivity index (χ1v) is 8.50. The van der Waals surface area contributed by atoms with Gasteiger partial charge in [0.05, 0.1) is 5.54 Å². The Morgan fingerprint density at radius 2 is 1.94 bits per heavy atom. The van der Waals surface area contributed by atoms with Gasteiger partial charge in [-0.25, -0.2) is 0 Å². The average molecular weight is 268 g/mol. The van der Waals surface area contributed by atoms with Gasteiger partial charge in [-0.3, -0.25) is 4.99 Å². The fraction of sp³-hybridized carbons (Fsp3) is 0.933. The lowest BCUT2D eigenvalue weighted by Crippen LogP contribution is -2.43. The second-order valence-electron chi connectivity index (χ2n) is 6.51. The lowest BCUT2D eigenvalue weighted by Gasteiger charge is -2.33. The predicted octanol–water partition coefficient (Wildman–Crippen LogP) is 4.21. The summed E-state index contributed by atoms with van der Waals surface area (Å²) >= 11 is 1.95. The number of nitrogens with one attached hydrogen (secondary N) is 1. The zero-order chi connectivity index (χ0) is 13.2. The molecule has 0 saturated heterocycles. The van der Waals surface area contributed by atoms with Crippen molar-refractivity contribution in [2.75, 3.05) is 5.75 Å². The highest BCUT2D eigenvalue weighted by molar-refractivity contribution is 8.14. The third-order valence-electron chi connectivity index (χ3n) is 4.99. The highest BCUT2D eigenvalue weighted by atomic mass is 32.2. The number of thioether (sulfide) groups is 1. The van der Waals surface area contributed by atoms with Gasteiger partial charge in [-0.2, -0.15) is 0 Å². The number of nitrogens with zero attached hydrogens (tertiary/aromatic N) is 1. The van der Waals surface area contributed by atoms with Crippen LogP contribution in [-0.4, -0.2) is 22.0 Å². The van der Waals surface area contributed by atoms with Crippen molar-refractivity contribution >= 4 is 16.9 Å². The van der Waals surface area contributed by atoms with Crippen LogP contribution >= 0.6 is 11.8 Å². The summed E-state index contributed by atoms with van der Waals surface area (Å²) < 4.78 is 0.